The summed E-state index contributed by atoms with van der Waals surface area (Å²) >= 11 is 0. The van der Waals surface area contributed by atoms with E-state index in [0.29, 0.717) is 0 Å². The molecule has 0 unspecified atom stereocenters. The number of hydrogen-bond donors (Lipinski definition) is 2. The summed E-state index contributed by atoms with van der Waals surface area (Å²) in [6, 6.07) is 0. The number of hydrogen-bond acceptors (Lipinski definition) is 5. The van der Waals surface area contributed by atoms with E-state index < -0.39 is 19.0 Å². The maximum Gasteiger partial charge on any atom is 0.356 e. The van der Waals surface area contributed by atoms with Crippen molar-refractivity contribution in [1.29, 1.82) is 0 Å². The number of halogens is 2. The van der Waals surface area contributed by atoms with Crippen molar-refractivity contribution in [2.75, 3.05) is 25.1 Å². The molecule has 8 heteroatoms. The van der Waals surface area contributed by atoms with Gasteiger partial charge in [0.2, 0.25) is 0 Å². The highest BCUT2D eigenvalue weighted by Gasteiger charge is 2.05. The summed E-state index contributed by atoms with van der Waals surface area (Å²) in [5.41, 5.74) is -0.191. The fraction of sp³-hybridized carbons (Fsp3) is 0.444. The van der Waals surface area contributed by atoms with Gasteiger partial charge in [0.15, 0.2) is 5.69 Å². The Hall–Kier alpha value is -1.83. The molecule has 0 aliphatic carbocycles. The van der Waals surface area contributed by atoms with Gasteiger partial charge in [0.05, 0.1) is 19.0 Å². The van der Waals surface area contributed by atoms with Crippen LogP contribution in [0.5, 0.6) is 0 Å². The van der Waals surface area contributed by atoms with Gasteiger partial charge in [0.1, 0.15) is 12.4 Å². The van der Waals surface area contributed by atoms with Gasteiger partial charge in [-0.1, -0.05) is 0 Å². The number of carbonyl (C=O) groups is 1. The molecule has 0 amide bonds. The lowest BCUT2D eigenvalue weighted by atomic mass is 10.4. The van der Waals surface area contributed by atoms with Crippen LogP contribution in [-0.2, 0) is 4.74 Å². The van der Waals surface area contributed by atoms with Crippen molar-refractivity contribution in [3.05, 3.63) is 18.1 Å². The molecule has 2 N–H and O–H groups in total. The van der Waals surface area contributed by atoms with Crippen molar-refractivity contribution in [2.24, 2.45) is 0 Å². The number of carboxylic acid groups (broad SMARTS) is 1. The Morgan fingerprint density at radius 3 is 2.94 bits per heavy atom. The molecule has 17 heavy (non-hydrogen) atoms. The van der Waals surface area contributed by atoms with E-state index >= 15 is 0 Å². The highest BCUT2D eigenvalue weighted by atomic mass is 19.3. The van der Waals surface area contributed by atoms with Crippen LogP contribution in [0.2, 0.25) is 0 Å². The Balaban J connectivity index is 2.31. The second kappa shape index (κ2) is 6.69. The molecule has 0 saturated carbocycles. The average molecular weight is 247 g/mol. The molecule has 0 saturated heterocycles. The topological polar surface area (TPSA) is 84.3 Å². The highest BCUT2D eigenvalue weighted by Crippen LogP contribution is 2.01. The third kappa shape index (κ3) is 5.16. The molecule has 0 aromatic carbocycles. The first kappa shape index (κ1) is 13.2. The van der Waals surface area contributed by atoms with Crippen LogP contribution in [-0.4, -0.2) is 47.2 Å². The maximum absolute atomic E-state index is 11.7. The summed E-state index contributed by atoms with van der Waals surface area (Å²) in [7, 11) is 0. The van der Waals surface area contributed by atoms with Crippen LogP contribution in [0.15, 0.2) is 12.4 Å². The monoisotopic (exact) mass is 247 g/mol. The SMILES string of the molecule is O=C(O)c1cncc(NCCOCC(F)F)n1. The van der Waals surface area contributed by atoms with E-state index in [9.17, 15) is 13.6 Å². The Labute approximate surface area is 95.6 Å². The predicted molar refractivity (Wildman–Crippen MR) is 54.3 cm³/mol. The van der Waals surface area contributed by atoms with E-state index in [1.54, 1.807) is 0 Å². The van der Waals surface area contributed by atoms with Gasteiger partial charge in [-0.2, -0.15) is 0 Å². The van der Waals surface area contributed by atoms with Crippen LogP contribution < -0.4 is 5.32 Å². The van der Waals surface area contributed by atoms with Crippen molar-refractivity contribution >= 4 is 11.8 Å². The summed E-state index contributed by atoms with van der Waals surface area (Å²) in [5, 5.41) is 11.3. The van der Waals surface area contributed by atoms with Crippen molar-refractivity contribution in [1.82, 2.24) is 9.97 Å². The van der Waals surface area contributed by atoms with Crippen molar-refractivity contribution in [2.45, 2.75) is 6.43 Å². The Morgan fingerprint density at radius 2 is 2.29 bits per heavy atom. The predicted octanol–water partition coefficient (Wildman–Crippen LogP) is 0.868. The number of nitrogens with zero attached hydrogens (tertiary/aromatic N) is 2. The second-order valence-electron chi connectivity index (χ2n) is 2.99. The minimum Gasteiger partial charge on any atom is -0.476 e. The zero-order chi connectivity index (χ0) is 12.7. The number of aromatic nitrogens is 2. The number of ether oxygens (including phenoxy) is 1. The summed E-state index contributed by atoms with van der Waals surface area (Å²) in [5.74, 6) is -0.930. The average Bonchev–Trinajstić information content (AvgIpc) is 2.28. The second-order valence-corrected chi connectivity index (χ2v) is 2.99. The van der Waals surface area contributed by atoms with Gasteiger partial charge in [0, 0.05) is 6.54 Å². The quantitative estimate of drug-likeness (QED) is 0.695. The molecule has 0 spiro atoms. The van der Waals surface area contributed by atoms with E-state index in [1.165, 1.54) is 6.20 Å². The van der Waals surface area contributed by atoms with Crippen LogP contribution in [0.3, 0.4) is 0 Å². The molecule has 1 aromatic heterocycles. The first-order chi connectivity index (χ1) is 8.09. The Kier molecular flexibility index (Phi) is 5.21. The van der Waals surface area contributed by atoms with Gasteiger partial charge in [-0.3, -0.25) is 4.98 Å². The molecule has 1 aromatic rings. The molecule has 1 heterocycles. The van der Waals surface area contributed by atoms with Gasteiger partial charge in [-0.15, -0.1) is 0 Å². The van der Waals surface area contributed by atoms with Gasteiger partial charge in [-0.25, -0.2) is 18.6 Å². The molecule has 1 rings (SSSR count). The van der Waals surface area contributed by atoms with Crippen molar-refractivity contribution in [3.63, 3.8) is 0 Å². The standard InChI is InChI=1S/C9H11F2N3O3/c10-7(11)5-17-2-1-13-8-4-12-3-6(14-8)9(15)16/h3-4,7H,1-2,5H2,(H,13,14)(H,15,16). The number of alkyl halides is 2. The van der Waals surface area contributed by atoms with Gasteiger partial charge < -0.3 is 15.2 Å². The molecule has 6 nitrogen and oxygen atoms in total. The lowest BCUT2D eigenvalue weighted by Crippen LogP contribution is -2.14. The molecule has 0 fully saturated rings. The van der Waals surface area contributed by atoms with E-state index in [2.05, 4.69) is 20.0 Å². The molecular weight excluding hydrogens is 236 g/mol. The summed E-state index contributed by atoms with van der Waals surface area (Å²) in [6.45, 7) is -0.309. The summed E-state index contributed by atoms with van der Waals surface area (Å²) in [6.07, 6.45) is -0.0504. The molecule has 0 aliphatic heterocycles. The number of carboxylic acids is 1. The van der Waals surface area contributed by atoms with Gasteiger partial charge in [0.25, 0.3) is 6.43 Å². The fourth-order valence-corrected chi connectivity index (χ4v) is 0.978. The first-order valence-corrected chi connectivity index (χ1v) is 4.74. The largest absolute Gasteiger partial charge is 0.476 e. The van der Waals surface area contributed by atoms with Crippen LogP contribution in [0, 0.1) is 0 Å². The smallest absolute Gasteiger partial charge is 0.356 e. The number of nitrogens with one attached hydrogen (secondary N) is 1. The zero-order valence-electron chi connectivity index (χ0n) is 8.77. The Bertz CT molecular complexity index is 376. The van der Waals surface area contributed by atoms with E-state index in [4.69, 9.17) is 5.11 Å². The van der Waals surface area contributed by atoms with Crippen LogP contribution in [0.4, 0.5) is 14.6 Å². The summed E-state index contributed by atoms with van der Waals surface area (Å²) in [4.78, 5) is 18.0. The molecule has 0 aliphatic rings. The van der Waals surface area contributed by atoms with E-state index in [0.717, 1.165) is 6.20 Å². The Morgan fingerprint density at radius 1 is 1.53 bits per heavy atom. The number of aromatic carboxylic acids is 1. The third-order valence-corrected chi connectivity index (χ3v) is 1.65. The lowest BCUT2D eigenvalue weighted by molar-refractivity contribution is 0.0214. The zero-order valence-corrected chi connectivity index (χ0v) is 8.77. The minimum atomic E-state index is -2.50. The van der Waals surface area contributed by atoms with Crippen LogP contribution in [0.25, 0.3) is 0 Å². The maximum atomic E-state index is 11.7. The van der Waals surface area contributed by atoms with Gasteiger partial charge >= 0.3 is 5.97 Å². The van der Waals surface area contributed by atoms with Crippen molar-refractivity contribution < 1.29 is 23.4 Å². The van der Waals surface area contributed by atoms with Crippen LogP contribution in [0.1, 0.15) is 10.5 Å². The number of rotatable bonds is 7. The van der Waals surface area contributed by atoms with E-state index in [1.807, 2.05) is 0 Å². The van der Waals surface area contributed by atoms with Crippen molar-refractivity contribution in [3.8, 4) is 0 Å². The first-order valence-electron chi connectivity index (χ1n) is 4.74. The molecule has 0 radical (unpaired) electrons. The molecule has 0 atom stereocenters. The normalized spacial score (nSPS) is 10.5. The fourth-order valence-electron chi connectivity index (χ4n) is 0.978. The molecular formula is C9H11F2N3O3. The highest BCUT2D eigenvalue weighted by molar-refractivity contribution is 5.85. The molecule has 0 bridgehead atoms. The van der Waals surface area contributed by atoms with Gasteiger partial charge in [-0.05, 0) is 0 Å². The van der Waals surface area contributed by atoms with Crippen LogP contribution >= 0.6 is 0 Å². The third-order valence-electron chi connectivity index (χ3n) is 1.65. The lowest BCUT2D eigenvalue weighted by Gasteiger charge is -2.06. The number of anilines is 1. The minimum absolute atomic E-state index is 0.0727. The summed E-state index contributed by atoms with van der Waals surface area (Å²) < 4.78 is 28.0. The molecule has 94 valence electrons. The van der Waals surface area contributed by atoms with E-state index in [-0.39, 0.29) is 24.7 Å².